The van der Waals surface area contributed by atoms with E-state index in [2.05, 4.69) is 29.2 Å². The van der Waals surface area contributed by atoms with Crippen molar-refractivity contribution in [3.8, 4) is 22.3 Å². The predicted molar refractivity (Wildman–Crippen MR) is 110 cm³/mol. The summed E-state index contributed by atoms with van der Waals surface area (Å²) in [5, 5.41) is 2.55. The number of hydrogen-bond acceptors (Lipinski definition) is 3. The molecule has 0 N–H and O–H groups in total. The highest BCUT2D eigenvalue weighted by molar-refractivity contribution is 7.17. The number of rotatable bonds is 5. The second-order valence-electron chi connectivity index (χ2n) is 6.30. The Morgan fingerprint density at radius 1 is 1.00 bits per heavy atom. The molecular weight excluding hydrogens is 359 g/mol. The van der Waals surface area contributed by atoms with Crippen molar-refractivity contribution in [1.82, 2.24) is 9.55 Å². The van der Waals surface area contributed by atoms with E-state index >= 15 is 0 Å². The summed E-state index contributed by atoms with van der Waals surface area (Å²) in [4.78, 5) is 18.3. The summed E-state index contributed by atoms with van der Waals surface area (Å²) < 4.78 is 14.4. The van der Waals surface area contributed by atoms with Crippen LogP contribution in [-0.2, 0) is 13.0 Å². The van der Waals surface area contributed by atoms with E-state index in [0.29, 0.717) is 22.5 Å². The SMILES string of the molecule is CCc1nc2scc(-c3ccc(-c4ccccc4)cc3)c2c(=O)n1CCF. The molecule has 0 aliphatic heterocycles. The van der Waals surface area contributed by atoms with Crippen molar-refractivity contribution < 1.29 is 4.39 Å². The molecule has 0 saturated heterocycles. The first kappa shape index (κ1) is 17.6. The number of halogens is 1. The Bertz CT molecular complexity index is 1130. The second kappa shape index (κ2) is 7.45. The number of nitrogens with zero attached hydrogens (tertiary/aromatic N) is 2. The van der Waals surface area contributed by atoms with E-state index < -0.39 is 6.67 Å². The molecule has 4 rings (SSSR count). The molecule has 2 heterocycles. The summed E-state index contributed by atoms with van der Waals surface area (Å²) in [5.41, 5.74) is 3.95. The van der Waals surface area contributed by atoms with Crippen LogP contribution in [0, 0.1) is 0 Å². The number of aryl methyl sites for hydroxylation is 1. The zero-order valence-electron chi connectivity index (χ0n) is 15.0. The minimum Gasteiger partial charge on any atom is -0.293 e. The minimum absolute atomic E-state index is 0.0488. The lowest BCUT2D eigenvalue weighted by atomic mass is 10.0. The molecule has 0 aliphatic rings. The standard InChI is InChI=1S/C22H19FN2OS/c1-2-19-24-21-20(22(26)25(19)13-12-23)18(14-27-21)17-10-8-16(9-11-17)15-6-4-3-5-7-15/h3-11,14H,2,12-13H2,1H3. The van der Waals surface area contributed by atoms with Gasteiger partial charge >= 0.3 is 0 Å². The average Bonchev–Trinajstić information content (AvgIpc) is 3.15. The van der Waals surface area contributed by atoms with Crippen LogP contribution in [0.5, 0.6) is 0 Å². The maximum Gasteiger partial charge on any atom is 0.262 e. The summed E-state index contributed by atoms with van der Waals surface area (Å²) >= 11 is 1.46. The lowest BCUT2D eigenvalue weighted by Crippen LogP contribution is -2.25. The second-order valence-corrected chi connectivity index (χ2v) is 7.16. The van der Waals surface area contributed by atoms with E-state index in [1.54, 1.807) is 0 Å². The zero-order valence-corrected chi connectivity index (χ0v) is 15.8. The quantitative estimate of drug-likeness (QED) is 0.471. The van der Waals surface area contributed by atoms with Gasteiger partial charge in [0.25, 0.3) is 5.56 Å². The van der Waals surface area contributed by atoms with Crippen molar-refractivity contribution in [3.05, 3.63) is 76.2 Å². The van der Waals surface area contributed by atoms with Gasteiger partial charge in [0.1, 0.15) is 17.3 Å². The molecule has 4 aromatic rings. The zero-order chi connectivity index (χ0) is 18.8. The molecule has 0 saturated carbocycles. The molecule has 0 amide bonds. The van der Waals surface area contributed by atoms with Gasteiger partial charge in [-0.2, -0.15) is 0 Å². The van der Waals surface area contributed by atoms with Crippen LogP contribution in [0.25, 0.3) is 32.5 Å². The van der Waals surface area contributed by atoms with E-state index in [4.69, 9.17) is 0 Å². The fourth-order valence-electron chi connectivity index (χ4n) is 3.34. The molecule has 0 atom stereocenters. The highest BCUT2D eigenvalue weighted by Gasteiger charge is 2.16. The first-order valence-corrected chi connectivity index (χ1v) is 9.83. The van der Waals surface area contributed by atoms with Gasteiger partial charge in [0.2, 0.25) is 0 Å². The normalized spacial score (nSPS) is 11.2. The Morgan fingerprint density at radius 2 is 1.67 bits per heavy atom. The van der Waals surface area contributed by atoms with Gasteiger partial charge in [-0.15, -0.1) is 11.3 Å². The van der Waals surface area contributed by atoms with E-state index in [0.717, 1.165) is 22.3 Å². The molecule has 0 unspecified atom stereocenters. The van der Waals surface area contributed by atoms with E-state index in [9.17, 15) is 9.18 Å². The number of fused-ring (bicyclic) bond motifs is 1. The van der Waals surface area contributed by atoms with Crippen LogP contribution in [0.3, 0.4) is 0 Å². The van der Waals surface area contributed by atoms with Crippen LogP contribution >= 0.6 is 11.3 Å². The van der Waals surface area contributed by atoms with Crippen molar-refractivity contribution in [3.63, 3.8) is 0 Å². The van der Waals surface area contributed by atoms with E-state index in [1.165, 1.54) is 15.9 Å². The summed E-state index contributed by atoms with van der Waals surface area (Å²) in [6.45, 7) is 1.40. The van der Waals surface area contributed by atoms with Crippen LogP contribution in [0.2, 0.25) is 0 Å². The maximum absolute atomic E-state index is 13.0. The maximum atomic E-state index is 13.0. The molecule has 136 valence electrons. The number of aromatic nitrogens is 2. The third kappa shape index (κ3) is 3.19. The van der Waals surface area contributed by atoms with Crippen LogP contribution in [-0.4, -0.2) is 16.2 Å². The van der Waals surface area contributed by atoms with Crippen LogP contribution in [0.1, 0.15) is 12.7 Å². The predicted octanol–water partition coefficient (Wildman–Crippen LogP) is 5.32. The first-order valence-electron chi connectivity index (χ1n) is 8.95. The molecule has 27 heavy (non-hydrogen) atoms. The Labute approximate surface area is 160 Å². The van der Waals surface area contributed by atoms with E-state index in [1.807, 2.05) is 42.6 Å². The Kier molecular flexibility index (Phi) is 4.86. The van der Waals surface area contributed by atoms with Crippen molar-refractivity contribution in [2.45, 2.75) is 19.9 Å². The van der Waals surface area contributed by atoms with Crippen molar-refractivity contribution in [2.75, 3.05) is 6.67 Å². The third-order valence-corrected chi connectivity index (χ3v) is 5.57. The molecular formula is C22H19FN2OS. The van der Waals surface area contributed by atoms with Crippen LogP contribution in [0.15, 0.2) is 64.8 Å². The van der Waals surface area contributed by atoms with Gasteiger partial charge in [-0.25, -0.2) is 9.37 Å². The van der Waals surface area contributed by atoms with Crippen LogP contribution < -0.4 is 5.56 Å². The third-order valence-electron chi connectivity index (χ3n) is 4.70. The number of alkyl halides is 1. The number of thiophene rings is 1. The first-order chi connectivity index (χ1) is 13.2. The highest BCUT2D eigenvalue weighted by Crippen LogP contribution is 2.32. The highest BCUT2D eigenvalue weighted by atomic mass is 32.1. The average molecular weight is 378 g/mol. The summed E-state index contributed by atoms with van der Waals surface area (Å²) in [6.07, 6.45) is 0.601. The van der Waals surface area contributed by atoms with Gasteiger partial charge < -0.3 is 0 Å². The van der Waals surface area contributed by atoms with Gasteiger partial charge in [-0.3, -0.25) is 9.36 Å². The molecule has 0 spiro atoms. The Morgan fingerprint density at radius 3 is 2.33 bits per heavy atom. The Balaban J connectivity index is 1.82. The summed E-state index contributed by atoms with van der Waals surface area (Å²) in [7, 11) is 0. The molecule has 0 fully saturated rings. The van der Waals surface area contributed by atoms with Crippen molar-refractivity contribution in [1.29, 1.82) is 0 Å². The largest absolute Gasteiger partial charge is 0.293 e. The molecule has 5 heteroatoms. The monoisotopic (exact) mass is 378 g/mol. The number of benzene rings is 2. The molecule has 0 aliphatic carbocycles. The number of hydrogen-bond donors (Lipinski definition) is 0. The molecule has 3 nitrogen and oxygen atoms in total. The van der Waals surface area contributed by atoms with Gasteiger partial charge in [0, 0.05) is 17.4 Å². The summed E-state index contributed by atoms with van der Waals surface area (Å²) in [5.74, 6) is 0.637. The van der Waals surface area contributed by atoms with Gasteiger partial charge in [-0.05, 0) is 16.7 Å². The lowest BCUT2D eigenvalue weighted by molar-refractivity contribution is 0.432. The molecule has 2 aromatic carbocycles. The topological polar surface area (TPSA) is 34.9 Å². The molecule has 0 radical (unpaired) electrons. The van der Waals surface area contributed by atoms with Crippen LogP contribution in [0.4, 0.5) is 4.39 Å². The summed E-state index contributed by atoms with van der Waals surface area (Å²) in [6, 6.07) is 18.3. The molecule has 0 bridgehead atoms. The van der Waals surface area contributed by atoms with Crippen molar-refractivity contribution in [2.24, 2.45) is 0 Å². The van der Waals surface area contributed by atoms with Gasteiger partial charge in [-0.1, -0.05) is 61.5 Å². The lowest BCUT2D eigenvalue weighted by Gasteiger charge is -2.10. The minimum atomic E-state index is -0.578. The smallest absolute Gasteiger partial charge is 0.262 e. The van der Waals surface area contributed by atoms with Crippen molar-refractivity contribution >= 4 is 21.6 Å². The fourth-order valence-corrected chi connectivity index (χ4v) is 4.29. The van der Waals surface area contributed by atoms with Gasteiger partial charge in [0.15, 0.2) is 0 Å². The molecule has 2 aromatic heterocycles. The van der Waals surface area contributed by atoms with Gasteiger partial charge in [0.05, 0.1) is 11.9 Å². The fraction of sp³-hybridized carbons (Fsp3) is 0.182. The van der Waals surface area contributed by atoms with E-state index in [-0.39, 0.29) is 12.1 Å². The Hall–Kier alpha value is -2.79.